The molecule has 0 aliphatic rings. The molecule has 4 aromatic rings. The van der Waals surface area contributed by atoms with Crippen LogP contribution in [0.25, 0.3) is 33.6 Å². The Morgan fingerprint density at radius 3 is 2.38 bits per heavy atom. The molecule has 0 unspecified atom stereocenters. The third-order valence-electron chi connectivity index (χ3n) is 4.85. The van der Waals surface area contributed by atoms with Crippen LogP contribution >= 0.6 is 0 Å². The fourth-order valence-electron chi connectivity index (χ4n) is 3.21. The average Bonchev–Trinajstić information content (AvgIpc) is 3.11. The van der Waals surface area contributed by atoms with Gasteiger partial charge in [-0.25, -0.2) is 13.4 Å². The molecule has 0 radical (unpaired) electrons. The van der Waals surface area contributed by atoms with Crippen molar-refractivity contribution in [3.05, 3.63) is 66.5 Å². The van der Waals surface area contributed by atoms with Gasteiger partial charge in [-0.05, 0) is 34.7 Å². The Kier molecular flexibility index (Phi) is 4.54. The first-order chi connectivity index (χ1) is 13.6. The molecule has 0 bridgehead atoms. The van der Waals surface area contributed by atoms with Gasteiger partial charge < -0.3 is 4.42 Å². The molecular formula is C23H22N2O3S. The topological polar surface area (TPSA) is 73.1 Å². The molecule has 0 atom stereocenters. The summed E-state index contributed by atoms with van der Waals surface area (Å²) < 4.78 is 29.4. The van der Waals surface area contributed by atoms with Crippen molar-refractivity contribution in [3.63, 3.8) is 0 Å². The Labute approximate surface area is 170 Å². The van der Waals surface area contributed by atoms with Crippen LogP contribution < -0.4 is 0 Å². The summed E-state index contributed by atoms with van der Waals surface area (Å²) in [6.45, 7) is 6.56. The highest BCUT2D eigenvalue weighted by Crippen LogP contribution is 2.35. The normalized spacial score (nSPS) is 12.4. The van der Waals surface area contributed by atoms with Gasteiger partial charge in [-0.1, -0.05) is 45.0 Å². The smallest absolute Gasteiger partial charge is 0.192 e. The van der Waals surface area contributed by atoms with Crippen molar-refractivity contribution in [2.75, 3.05) is 6.26 Å². The minimum Gasteiger partial charge on any atom is -0.454 e. The lowest BCUT2D eigenvalue weighted by atomic mass is 9.85. The molecule has 29 heavy (non-hydrogen) atoms. The van der Waals surface area contributed by atoms with E-state index < -0.39 is 9.84 Å². The van der Waals surface area contributed by atoms with Gasteiger partial charge >= 0.3 is 0 Å². The molecule has 0 saturated heterocycles. The van der Waals surface area contributed by atoms with Crippen LogP contribution in [0.1, 0.15) is 26.3 Å². The van der Waals surface area contributed by atoms with Crippen LogP contribution in [0, 0.1) is 0 Å². The highest BCUT2D eigenvalue weighted by molar-refractivity contribution is 7.90. The number of furan rings is 1. The summed E-state index contributed by atoms with van der Waals surface area (Å²) in [6, 6.07) is 15.4. The summed E-state index contributed by atoms with van der Waals surface area (Å²) in [5.41, 5.74) is 5.46. The Hall–Kier alpha value is -2.99. The minimum atomic E-state index is -3.34. The van der Waals surface area contributed by atoms with Gasteiger partial charge in [0.15, 0.2) is 20.4 Å². The fraction of sp³-hybridized carbons (Fsp3) is 0.217. The van der Waals surface area contributed by atoms with Crippen LogP contribution in [-0.4, -0.2) is 24.6 Å². The van der Waals surface area contributed by atoms with Crippen LogP contribution in [0.2, 0.25) is 0 Å². The van der Waals surface area contributed by atoms with Crippen molar-refractivity contribution in [2.24, 2.45) is 0 Å². The maximum atomic E-state index is 11.6. The van der Waals surface area contributed by atoms with E-state index >= 15 is 0 Å². The molecular weight excluding hydrogens is 384 g/mol. The first kappa shape index (κ1) is 19.3. The molecule has 3 heterocycles. The lowest BCUT2D eigenvalue weighted by Gasteiger charge is -2.19. The summed E-state index contributed by atoms with van der Waals surface area (Å²) in [7, 11) is -3.34. The minimum absolute atomic E-state index is 0.0372. The maximum Gasteiger partial charge on any atom is 0.192 e. The van der Waals surface area contributed by atoms with Gasteiger partial charge in [-0.2, -0.15) is 0 Å². The standard InChI is InChI=1S/C23H22N2O3S/c1-23(2,3)17-7-5-6-15(12-17)18-10-11-24-19-13-20(28-22(18)19)16-8-9-21(25-14-16)29(4,26)27/h5-14H,1-4H3. The number of fused-ring (bicyclic) bond motifs is 1. The molecule has 0 saturated carbocycles. The number of pyridine rings is 2. The van der Waals surface area contributed by atoms with Gasteiger partial charge in [0.2, 0.25) is 0 Å². The predicted molar refractivity (Wildman–Crippen MR) is 114 cm³/mol. The van der Waals surface area contributed by atoms with Gasteiger partial charge in [-0.15, -0.1) is 0 Å². The van der Waals surface area contributed by atoms with Crippen molar-refractivity contribution in [2.45, 2.75) is 31.2 Å². The van der Waals surface area contributed by atoms with E-state index in [0.29, 0.717) is 16.9 Å². The number of sulfone groups is 1. The fourth-order valence-corrected chi connectivity index (χ4v) is 3.77. The Morgan fingerprint density at radius 1 is 0.931 bits per heavy atom. The van der Waals surface area contributed by atoms with Gasteiger partial charge in [-0.3, -0.25) is 4.98 Å². The summed E-state index contributed by atoms with van der Waals surface area (Å²) in [5, 5.41) is 0.0372. The molecule has 0 fully saturated rings. The van der Waals surface area contributed by atoms with Crippen LogP contribution in [0.15, 0.2) is 70.4 Å². The third-order valence-corrected chi connectivity index (χ3v) is 5.85. The molecule has 0 aliphatic carbocycles. The Balaban J connectivity index is 1.81. The summed E-state index contributed by atoms with van der Waals surface area (Å²) >= 11 is 0. The quantitative estimate of drug-likeness (QED) is 0.464. The zero-order valence-corrected chi connectivity index (χ0v) is 17.6. The average molecular weight is 407 g/mol. The van der Waals surface area contributed by atoms with Gasteiger partial charge in [0.05, 0.1) is 0 Å². The molecule has 4 rings (SSSR count). The van der Waals surface area contributed by atoms with E-state index in [-0.39, 0.29) is 10.4 Å². The van der Waals surface area contributed by atoms with E-state index in [0.717, 1.165) is 22.9 Å². The second-order valence-electron chi connectivity index (χ2n) is 8.17. The summed E-state index contributed by atoms with van der Waals surface area (Å²) in [5.74, 6) is 0.597. The van der Waals surface area contributed by atoms with Gasteiger partial charge in [0.1, 0.15) is 11.3 Å². The molecule has 148 valence electrons. The zero-order chi connectivity index (χ0) is 20.8. The van der Waals surface area contributed by atoms with Gasteiger partial charge in [0.25, 0.3) is 0 Å². The molecule has 0 N–H and O–H groups in total. The lowest BCUT2D eigenvalue weighted by Crippen LogP contribution is -2.10. The van der Waals surface area contributed by atoms with Crippen molar-refractivity contribution in [1.29, 1.82) is 0 Å². The molecule has 3 aromatic heterocycles. The summed E-state index contributed by atoms with van der Waals surface area (Å²) in [4.78, 5) is 8.48. The third kappa shape index (κ3) is 3.80. The maximum absolute atomic E-state index is 11.6. The second-order valence-corrected chi connectivity index (χ2v) is 10.1. The largest absolute Gasteiger partial charge is 0.454 e. The van der Waals surface area contributed by atoms with Gasteiger partial charge in [0, 0.05) is 35.8 Å². The van der Waals surface area contributed by atoms with E-state index in [1.807, 2.05) is 12.1 Å². The predicted octanol–water partition coefficient (Wildman–Crippen LogP) is 5.26. The van der Waals surface area contributed by atoms with Crippen molar-refractivity contribution in [1.82, 2.24) is 9.97 Å². The van der Waals surface area contributed by atoms with Crippen LogP contribution in [0.3, 0.4) is 0 Å². The van der Waals surface area contributed by atoms with Crippen LogP contribution in [0.4, 0.5) is 0 Å². The summed E-state index contributed by atoms with van der Waals surface area (Å²) in [6.07, 6.45) is 4.41. The molecule has 0 amide bonds. The first-order valence-corrected chi connectivity index (χ1v) is 11.2. The number of hydrogen-bond donors (Lipinski definition) is 0. The number of aromatic nitrogens is 2. The molecule has 6 heteroatoms. The molecule has 5 nitrogen and oxygen atoms in total. The number of benzene rings is 1. The first-order valence-electron chi connectivity index (χ1n) is 9.29. The van der Waals surface area contributed by atoms with E-state index in [1.165, 1.54) is 17.8 Å². The molecule has 0 aliphatic heterocycles. The lowest BCUT2D eigenvalue weighted by molar-refractivity contribution is 0.590. The van der Waals surface area contributed by atoms with Crippen LogP contribution in [0.5, 0.6) is 0 Å². The molecule has 1 aromatic carbocycles. The highest BCUT2D eigenvalue weighted by Gasteiger charge is 2.17. The van der Waals surface area contributed by atoms with Crippen molar-refractivity contribution >= 4 is 20.9 Å². The Morgan fingerprint density at radius 2 is 1.72 bits per heavy atom. The number of nitrogens with zero attached hydrogens (tertiary/aromatic N) is 2. The van der Waals surface area contributed by atoms with E-state index in [4.69, 9.17) is 4.42 Å². The number of rotatable bonds is 3. The number of hydrogen-bond acceptors (Lipinski definition) is 5. The molecule has 0 spiro atoms. The SMILES string of the molecule is CC(C)(C)c1cccc(-c2ccnc3cc(-c4ccc(S(C)(=O)=O)nc4)oc23)c1. The van der Waals surface area contributed by atoms with Crippen molar-refractivity contribution in [3.8, 4) is 22.5 Å². The second kappa shape index (κ2) is 6.81. The Bertz CT molecular complexity index is 1300. The monoisotopic (exact) mass is 406 g/mol. The van der Waals surface area contributed by atoms with E-state index in [2.05, 4.69) is 55.0 Å². The van der Waals surface area contributed by atoms with Crippen LogP contribution in [-0.2, 0) is 15.3 Å². The van der Waals surface area contributed by atoms with E-state index in [1.54, 1.807) is 12.3 Å². The van der Waals surface area contributed by atoms with Crippen molar-refractivity contribution < 1.29 is 12.8 Å². The highest BCUT2D eigenvalue weighted by atomic mass is 32.2. The van der Waals surface area contributed by atoms with E-state index in [9.17, 15) is 8.42 Å². The zero-order valence-electron chi connectivity index (χ0n) is 16.8.